The summed E-state index contributed by atoms with van der Waals surface area (Å²) in [4.78, 5) is 24.1. The summed E-state index contributed by atoms with van der Waals surface area (Å²) in [6.45, 7) is 6.22. The summed E-state index contributed by atoms with van der Waals surface area (Å²) in [5.41, 5.74) is 1.03. The van der Waals surface area contributed by atoms with Crippen LogP contribution in [-0.4, -0.2) is 31.4 Å². The number of halogens is 2. The Hall–Kier alpha value is -1.30. The average Bonchev–Trinajstić information content (AvgIpc) is 2.99. The number of amides is 2. The molecule has 1 fully saturated rings. The van der Waals surface area contributed by atoms with Gasteiger partial charge in [-0.05, 0) is 37.1 Å². The second-order valence-corrected chi connectivity index (χ2v) is 6.38. The van der Waals surface area contributed by atoms with Crippen molar-refractivity contribution in [2.75, 3.05) is 25.0 Å². The molecule has 7 heteroatoms. The number of carbonyl (C=O) groups excluding carboxylic acids is 2. The van der Waals surface area contributed by atoms with Gasteiger partial charge in [0.2, 0.25) is 5.91 Å². The first-order chi connectivity index (χ1) is 10.5. The molecule has 2 amide bonds. The van der Waals surface area contributed by atoms with Gasteiger partial charge < -0.3 is 16.0 Å². The van der Waals surface area contributed by atoms with Crippen LogP contribution in [0.2, 0.25) is 5.02 Å². The lowest BCUT2D eigenvalue weighted by Crippen LogP contribution is -2.27. The van der Waals surface area contributed by atoms with Crippen LogP contribution < -0.4 is 16.0 Å². The molecule has 0 aliphatic carbocycles. The van der Waals surface area contributed by atoms with E-state index in [1.807, 2.05) is 13.8 Å². The minimum absolute atomic E-state index is 0. The van der Waals surface area contributed by atoms with Crippen LogP contribution in [0.3, 0.4) is 0 Å². The summed E-state index contributed by atoms with van der Waals surface area (Å²) in [6.07, 6.45) is 0.843. The summed E-state index contributed by atoms with van der Waals surface area (Å²) in [6, 6.07) is 4.96. The average molecular weight is 360 g/mol. The van der Waals surface area contributed by atoms with Gasteiger partial charge in [-0.2, -0.15) is 0 Å². The quantitative estimate of drug-likeness (QED) is 0.756. The van der Waals surface area contributed by atoms with Gasteiger partial charge >= 0.3 is 0 Å². The van der Waals surface area contributed by atoms with Crippen LogP contribution in [0.1, 0.15) is 30.6 Å². The lowest BCUT2D eigenvalue weighted by Gasteiger charge is -2.12. The Morgan fingerprint density at radius 3 is 2.70 bits per heavy atom. The zero-order chi connectivity index (χ0) is 16.1. The van der Waals surface area contributed by atoms with Crippen molar-refractivity contribution in [1.29, 1.82) is 0 Å². The number of carbonyl (C=O) groups is 2. The zero-order valence-electron chi connectivity index (χ0n) is 13.3. The molecule has 1 aromatic carbocycles. The molecule has 128 valence electrons. The normalized spacial score (nSPS) is 16.8. The highest BCUT2D eigenvalue weighted by molar-refractivity contribution is 6.34. The maximum Gasteiger partial charge on any atom is 0.252 e. The topological polar surface area (TPSA) is 70.2 Å². The third-order valence-electron chi connectivity index (χ3n) is 3.58. The maximum atomic E-state index is 12.0. The molecule has 0 spiro atoms. The largest absolute Gasteiger partial charge is 0.352 e. The van der Waals surface area contributed by atoms with Gasteiger partial charge in [-0.15, -0.1) is 12.4 Å². The predicted octanol–water partition coefficient (Wildman–Crippen LogP) is 2.70. The Bertz CT molecular complexity index is 558. The Labute approximate surface area is 148 Å². The number of rotatable bonds is 5. The number of anilines is 1. The molecule has 0 aromatic heterocycles. The van der Waals surface area contributed by atoms with Gasteiger partial charge in [0.05, 0.1) is 16.5 Å². The maximum absolute atomic E-state index is 12.0. The first-order valence-electron chi connectivity index (χ1n) is 7.56. The minimum Gasteiger partial charge on any atom is -0.352 e. The van der Waals surface area contributed by atoms with Crippen LogP contribution in [0.5, 0.6) is 0 Å². The highest BCUT2D eigenvalue weighted by Crippen LogP contribution is 2.22. The highest BCUT2D eigenvalue weighted by atomic mass is 35.5. The van der Waals surface area contributed by atoms with E-state index >= 15 is 0 Å². The van der Waals surface area contributed by atoms with E-state index in [2.05, 4.69) is 16.0 Å². The standard InChI is InChI=1S/C16H22ClN3O2.ClH/c1-10(2)8-19-16(22)13-4-3-12(7-14(13)17)20-15(21)11-5-6-18-9-11;/h3-4,7,10-11,18H,5-6,8-9H2,1-2H3,(H,19,22)(H,20,21);1H. The lowest BCUT2D eigenvalue weighted by atomic mass is 10.1. The van der Waals surface area contributed by atoms with Crippen molar-refractivity contribution in [2.24, 2.45) is 11.8 Å². The van der Waals surface area contributed by atoms with Gasteiger partial charge in [-0.3, -0.25) is 9.59 Å². The fourth-order valence-corrected chi connectivity index (χ4v) is 2.56. The van der Waals surface area contributed by atoms with E-state index in [1.54, 1.807) is 18.2 Å². The van der Waals surface area contributed by atoms with E-state index < -0.39 is 0 Å². The fraction of sp³-hybridized carbons (Fsp3) is 0.500. The summed E-state index contributed by atoms with van der Waals surface area (Å²) in [5.74, 6) is 0.156. The van der Waals surface area contributed by atoms with Crippen LogP contribution in [-0.2, 0) is 4.79 Å². The number of nitrogens with one attached hydrogen (secondary N) is 3. The number of benzene rings is 1. The van der Waals surface area contributed by atoms with E-state index in [-0.39, 0.29) is 30.1 Å². The van der Waals surface area contributed by atoms with Crippen LogP contribution >= 0.6 is 24.0 Å². The molecule has 1 aliphatic rings. The molecule has 3 N–H and O–H groups in total. The molecule has 1 saturated heterocycles. The molecule has 1 unspecified atom stereocenters. The van der Waals surface area contributed by atoms with E-state index in [1.165, 1.54) is 0 Å². The molecule has 1 atom stereocenters. The van der Waals surface area contributed by atoms with E-state index in [0.717, 1.165) is 13.0 Å². The first-order valence-corrected chi connectivity index (χ1v) is 7.94. The summed E-state index contributed by atoms with van der Waals surface area (Å²) >= 11 is 6.16. The van der Waals surface area contributed by atoms with Gasteiger partial charge in [0.25, 0.3) is 5.91 Å². The van der Waals surface area contributed by atoms with Crippen LogP contribution in [0.25, 0.3) is 0 Å². The SMILES string of the molecule is CC(C)CNC(=O)c1ccc(NC(=O)C2CCNC2)cc1Cl.Cl. The van der Waals surface area contributed by atoms with Crippen molar-refractivity contribution in [1.82, 2.24) is 10.6 Å². The van der Waals surface area contributed by atoms with E-state index in [4.69, 9.17) is 11.6 Å². The van der Waals surface area contributed by atoms with Crippen molar-refractivity contribution in [3.63, 3.8) is 0 Å². The molecule has 0 radical (unpaired) electrons. The van der Waals surface area contributed by atoms with Crippen molar-refractivity contribution in [2.45, 2.75) is 20.3 Å². The number of hydrogen-bond donors (Lipinski definition) is 3. The second-order valence-electron chi connectivity index (χ2n) is 5.98. The molecule has 0 bridgehead atoms. The summed E-state index contributed by atoms with van der Waals surface area (Å²) < 4.78 is 0. The zero-order valence-corrected chi connectivity index (χ0v) is 14.9. The molecule has 5 nitrogen and oxygen atoms in total. The molecule has 1 heterocycles. The predicted molar refractivity (Wildman–Crippen MR) is 95.5 cm³/mol. The monoisotopic (exact) mass is 359 g/mol. The lowest BCUT2D eigenvalue weighted by molar-refractivity contribution is -0.119. The highest BCUT2D eigenvalue weighted by Gasteiger charge is 2.22. The third-order valence-corrected chi connectivity index (χ3v) is 3.90. The Balaban J connectivity index is 0.00000264. The Morgan fingerprint density at radius 1 is 1.39 bits per heavy atom. The van der Waals surface area contributed by atoms with Crippen molar-refractivity contribution < 1.29 is 9.59 Å². The van der Waals surface area contributed by atoms with Crippen molar-refractivity contribution in [3.8, 4) is 0 Å². The second kappa shape index (κ2) is 9.11. The number of hydrogen-bond acceptors (Lipinski definition) is 3. The smallest absolute Gasteiger partial charge is 0.252 e. The summed E-state index contributed by atoms with van der Waals surface area (Å²) in [7, 11) is 0. The molecule has 23 heavy (non-hydrogen) atoms. The Kier molecular flexibility index (Phi) is 7.82. The van der Waals surface area contributed by atoms with Gasteiger partial charge in [-0.25, -0.2) is 0 Å². The van der Waals surface area contributed by atoms with Crippen LogP contribution in [0, 0.1) is 11.8 Å². The molecule has 2 rings (SSSR count). The van der Waals surface area contributed by atoms with E-state index in [9.17, 15) is 9.59 Å². The van der Waals surface area contributed by atoms with Gasteiger partial charge in [0.1, 0.15) is 0 Å². The molecular weight excluding hydrogens is 337 g/mol. The van der Waals surface area contributed by atoms with Gasteiger partial charge in [0.15, 0.2) is 0 Å². The van der Waals surface area contributed by atoms with E-state index in [0.29, 0.717) is 35.3 Å². The van der Waals surface area contributed by atoms with Crippen molar-refractivity contribution in [3.05, 3.63) is 28.8 Å². The molecule has 1 aromatic rings. The first kappa shape index (κ1) is 19.7. The molecular formula is C16H23Cl2N3O2. The molecule has 0 saturated carbocycles. The van der Waals surface area contributed by atoms with Gasteiger partial charge in [-0.1, -0.05) is 25.4 Å². The van der Waals surface area contributed by atoms with Crippen LogP contribution in [0.15, 0.2) is 18.2 Å². The Morgan fingerprint density at radius 2 is 2.13 bits per heavy atom. The summed E-state index contributed by atoms with van der Waals surface area (Å²) in [5, 5.41) is 9.17. The fourth-order valence-electron chi connectivity index (χ4n) is 2.29. The minimum atomic E-state index is -0.198. The van der Waals surface area contributed by atoms with Crippen LogP contribution in [0.4, 0.5) is 5.69 Å². The van der Waals surface area contributed by atoms with Crippen molar-refractivity contribution >= 4 is 41.5 Å². The van der Waals surface area contributed by atoms with Gasteiger partial charge in [0, 0.05) is 18.8 Å². The molecule has 1 aliphatic heterocycles. The third kappa shape index (κ3) is 5.68.